The maximum absolute atomic E-state index is 13.3. The molecule has 0 aliphatic heterocycles. The second-order valence-corrected chi connectivity index (χ2v) is 9.97. The van der Waals surface area contributed by atoms with Gasteiger partial charge in [0.15, 0.2) is 5.65 Å². The van der Waals surface area contributed by atoms with E-state index in [9.17, 15) is 8.42 Å². The van der Waals surface area contributed by atoms with Crippen LogP contribution in [0.2, 0.25) is 0 Å². The first kappa shape index (κ1) is 19.6. The molecule has 0 saturated heterocycles. The lowest BCUT2D eigenvalue weighted by atomic mass is 9.87. The van der Waals surface area contributed by atoms with E-state index in [-0.39, 0.29) is 10.3 Å². The van der Waals surface area contributed by atoms with Crippen LogP contribution in [0.1, 0.15) is 31.9 Å². The van der Waals surface area contributed by atoms with Crippen LogP contribution in [0, 0.1) is 0 Å². The first-order chi connectivity index (χ1) is 12.6. The molecule has 27 heavy (non-hydrogen) atoms. The number of benzene rings is 1. The quantitative estimate of drug-likeness (QED) is 0.672. The van der Waals surface area contributed by atoms with Gasteiger partial charge < -0.3 is 4.90 Å². The lowest BCUT2D eigenvalue weighted by molar-refractivity contribution is 0.414. The number of hydrogen-bond donors (Lipinski definition) is 0. The van der Waals surface area contributed by atoms with E-state index in [1.807, 2.05) is 38.4 Å². The minimum absolute atomic E-state index is 0.0245. The van der Waals surface area contributed by atoms with E-state index in [1.165, 1.54) is 3.97 Å². The number of pyridine rings is 1. The fourth-order valence-corrected chi connectivity index (χ4v) is 4.41. The van der Waals surface area contributed by atoms with Crippen molar-refractivity contribution in [1.29, 1.82) is 0 Å². The number of nitrogens with zero attached hydrogens (tertiary/aromatic N) is 3. The van der Waals surface area contributed by atoms with Crippen LogP contribution in [0.4, 0.5) is 0 Å². The van der Waals surface area contributed by atoms with Crippen molar-refractivity contribution in [2.24, 2.45) is 0 Å². The third kappa shape index (κ3) is 3.92. The Balaban J connectivity index is 2.08. The summed E-state index contributed by atoms with van der Waals surface area (Å²) in [5, 5.41) is 0.884. The summed E-state index contributed by atoms with van der Waals surface area (Å²) in [4.78, 5) is 6.71. The molecule has 0 unspecified atom stereocenters. The van der Waals surface area contributed by atoms with Gasteiger partial charge in [0.05, 0.1) is 4.90 Å². The lowest BCUT2D eigenvalue weighted by Gasteiger charge is -2.19. The Bertz CT molecular complexity index is 1040. The third-order valence-electron chi connectivity index (χ3n) is 4.72. The van der Waals surface area contributed by atoms with Crippen molar-refractivity contribution in [2.75, 3.05) is 20.6 Å². The Kier molecular flexibility index (Phi) is 5.14. The van der Waals surface area contributed by atoms with Gasteiger partial charge >= 0.3 is 0 Å². The zero-order chi connectivity index (χ0) is 19.8. The van der Waals surface area contributed by atoms with Crippen LogP contribution in [0.5, 0.6) is 0 Å². The van der Waals surface area contributed by atoms with Crippen LogP contribution in [-0.4, -0.2) is 42.9 Å². The second kappa shape index (κ2) is 7.09. The topological polar surface area (TPSA) is 55.2 Å². The van der Waals surface area contributed by atoms with Crippen molar-refractivity contribution in [3.05, 3.63) is 59.9 Å². The molecule has 6 heteroatoms. The van der Waals surface area contributed by atoms with Crippen LogP contribution >= 0.6 is 0 Å². The Morgan fingerprint density at radius 2 is 1.74 bits per heavy atom. The van der Waals surface area contributed by atoms with Crippen LogP contribution < -0.4 is 0 Å². The summed E-state index contributed by atoms with van der Waals surface area (Å²) in [5.74, 6) is 0. The van der Waals surface area contributed by atoms with Gasteiger partial charge in [-0.2, -0.15) is 0 Å². The normalized spacial score (nSPS) is 12.8. The van der Waals surface area contributed by atoms with Crippen molar-refractivity contribution in [3.8, 4) is 0 Å². The lowest BCUT2D eigenvalue weighted by Crippen LogP contribution is -2.15. The highest BCUT2D eigenvalue weighted by molar-refractivity contribution is 7.90. The van der Waals surface area contributed by atoms with Crippen LogP contribution in [0.3, 0.4) is 0 Å². The second-order valence-electron chi connectivity index (χ2n) is 8.16. The van der Waals surface area contributed by atoms with Gasteiger partial charge in [0.2, 0.25) is 0 Å². The van der Waals surface area contributed by atoms with E-state index in [2.05, 4.69) is 30.7 Å². The van der Waals surface area contributed by atoms with Crippen molar-refractivity contribution < 1.29 is 8.42 Å². The summed E-state index contributed by atoms with van der Waals surface area (Å²) in [7, 11) is 0.305. The van der Waals surface area contributed by atoms with Gasteiger partial charge in [-0.1, -0.05) is 32.9 Å². The highest BCUT2D eigenvalue weighted by atomic mass is 32.2. The molecule has 0 spiro atoms. The highest BCUT2D eigenvalue weighted by Gasteiger charge is 2.23. The van der Waals surface area contributed by atoms with Gasteiger partial charge in [0.25, 0.3) is 10.0 Å². The number of rotatable bonds is 5. The zero-order valence-electron chi connectivity index (χ0n) is 16.6. The summed E-state index contributed by atoms with van der Waals surface area (Å²) in [6.45, 7) is 7.17. The smallest absolute Gasteiger partial charge is 0.269 e. The Morgan fingerprint density at radius 1 is 1.07 bits per heavy atom. The van der Waals surface area contributed by atoms with E-state index in [1.54, 1.807) is 24.5 Å². The maximum Gasteiger partial charge on any atom is 0.269 e. The fraction of sp³-hybridized carbons (Fsp3) is 0.381. The molecule has 0 aliphatic rings. The number of likely N-dealkylation sites (N-methyl/N-ethyl adjacent to an activating group) is 1. The molecule has 0 N–H and O–H groups in total. The monoisotopic (exact) mass is 385 g/mol. The Labute approximate surface area is 161 Å². The van der Waals surface area contributed by atoms with Crippen molar-refractivity contribution in [2.45, 2.75) is 37.5 Å². The molecule has 3 rings (SSSR count). The average molecular weight is 386 g/mol. The summed E-state index contributed by atoms with van der Waals surface area (Å²) >= 11 is 0. The molecule has 3 aromatic rings. The molecule has 144 valence electrons. The molecule has 0 saturated carbocycles. The number of fused-ring (bicyclic) bond motifs is 1. The minimum Gasteiger partial charge on any atom is -0.309 e. The van der Waals surface area contributed by atoms with E-state index in [0.717, 1.165) is 29.5 Å². The predicted octanol–water partition coefficient (Wildman–Crippen LogP) is 3.67. The molecule has 0 bridgehead atoms. The van der Waals surface area contributed by atoms with Crippen molar-refractivity contribution in [3.63, 3.8) is 0 Å². The molecule has 2 heterocycles. The van der Waals surface area contributed by atoms with E-state index in [0.29, 0.717) is 5.65 Å². The largest absolute Gasteiger partial charge is 0.309 e. The molecule has 2 aromatic heterocycles. The van der Waals surface area contributed by atoms with Gasteiger partial charge in [0.1, 0.15) is 0 Å². The number of hydrogen-bond acceptors (Lipinski definition) is 4. The predicted molar refractivity (Wildman–Crippen MR) is 110 cm³/mol. The van der Waals surface area contributed by atoms with E-state index in [4.69, 9.17) is 0 Å². The third-order valence-corrected chi connectivity index (χ3v) is 6.38. The van der Waals surface area contributed by atoms with Crippen molar-refractivity contribution in [1.82, 2.24) is 13.9 Å². The van der Waals surface area contributed by atoms with Crippen LogP contribution in [0.25, 0.3) is 11.0 Å². The molecule has 0 fully saturated rings. The van der Waals surface area contributed by atoms with Crippen LogP contribution in [0.15, 0.2) is 53.7 Å². The summed E-state index contributed by atoms with van der Waals surface area (Å²) in [6, 6.07) is 10.9. The summed E-state index contributed by atoms with van der Waals surface area (Å²) < 4.78 is 27.9. The fourth-order valence-electron chi connectivity index (χ4n) is 3.06. The molecule has 5 nitrogen and oxygen atoms in total. The standard InChI is InChI=1S/C21H27N3O2S/c1-21(2,3)17-8-10-18(11-9-17)27(25,26)24-15-16(12-14-23(4)5)19-7-6-13-22-20(19)24/h6-11,13,15H,12,14H2,1-5H3. The van der Waals surface area contributed by atoms with Gasteiger partial charge in [-0.15, -0.1) is 0 Å². The molecular formula is C21H27N3O2S. The molecule has 0 amide bonds. The SMILES string of the molecule is CN(C)CCc1cn(S(=O)(=O)c2ccc(C(C)(C)C)cc2)c2ncccc12. The summed E-state index contributed by atoms with van der Waals surface area (Å²) in [6.07, 6.45) is 4.11. The van der Waals surface area contributed by atoms with E-state index < -0.39 is 10.0 Å². The van der Waals surface area contributed by atoms with Gasteiger partial charge in [-0.3, -0.25) is 0 Å². The molecule has 0 aliphatic carbocycles. The zero-order valence-corrected chi connectivity index (χ0v) is 17.4. The molecular weight excluding hydrogens is 358 g/mol. The molecule has 0 atom stereocenters. The van der Waals surface area contributed by atoms with E-state index >= 15 is 0 Å². The average Bonchev–Trinajstić information content (AvgIpc) is 2.99. The van der Waals surface area contributed by atoms with Gasteiger partial charge in [-0.05, 0) is 61.3 Å². The minimum atomic E-state index is -3.70. The first-order valence-electron chi connectivity index (χ1n) is 9.06. The maximum atomic E-state index is 13.3. The highest BCUT2D eigenvalue weighted by Crippen LogP contribution is 2.27. The van der Waals surface area contributed by atoms with Gasteiger partial charge in [0, 0.05) is 24.3 Å². The molecule has 1 aromatic carbocycles. The Hall–Kier alpha value is -2.18. The summed E-state index contributed by atoms with van der Waals surface area (Å²) in [5.41, 5.74) is 2.54. The van der Waals surface area contributed by atoms with Crippen LogP contribution in [-0.2, 0) is 21.9 Å². The number of aromatic nitrogens is 2. The van der Waals surface area contributed by atoms with Crippen molar-refractivity contribution >= 4 is 21.1 Å². The van der Waals surface area contributed by atoms with Gasteiger partial charge in [-0.25, -0.2) is 17.4 Å². The first-order valence-corrected chi connectivity index (χ1v) is 10.5. The Morgan fingerprint density at radius 3 is 2.33 bits per heavy atom. The molecule has 0 radical (unpaired) electrons.